The average molecular weight is 431 g/mol. The summed E-state index contributed by atoms with van der Waals surface area (Å²) in [6.45, 7) is 2.17. The monoisotopic (exact) mass is 430 g/mol. The third-order valence-corrected chi connectivity index (χ3v) is 5.58. The molecule has 2 aromatic rings. The molecule has 0 N–H and O–H groups in total. The summed E-state index contributed by atoms with van der Waals surface area (Å²) in [4.78, 5) is 0. The summed E-state index contributed by atoms with van der Waals surface area (Å²) >= 11 is 3.59. The van der Waals surface area contributed by atoms with Crippen LogP contribution in [0, 0.1) is 0 Å². The number of fused-ring (bicyclic) bond motifs is 3. The van der Waals surface area contributed by atoms with E-state index in [9.17, 15) is 0 Å². The van der Waals surface area contributed by atoms with E-state index in [-0.39, 0.29) is 12.3 Å². The van der Waals surface area contributed by atoms with E-state index in [0.717, 1.165) is 46.5 Å². The van der Waals surface area contributed by atoms with E-state index < -0.39 is 0 Å². The number of ether oxygens (including phenoxy) is 3. The molecule has 5 nitrogen and oxygen atoms in total. The van der Waals surface area contributed by atoms with Gasteiger partial charge in [-0.15, -0.1) is 0 Å². The molecule has 0 bridgehead atoms. The van der Waals surface area contributed by atoms with E-state index in [0.29, 0.717) is 5.75 Å². The lowest BCUT2D eigenvalue weighted by Crippen LogP contribution is -2.40. The van der Waals surface area contributed by atoms with Crippen LogP contribution in [0.15, 0.2) is 46.0 Å². The average Bonchev–Trinajstić information content (AvgIpc) is 3.14. The zero-order valence-corrected chi connectivity index (χ0v) is 17.3. The predicted octanol–water partition coefficient (Wildman–Crippen LogP) is 5.14. The summed E-state index contributed by atoms with van der Waals surface area (Å²) in [5, 5.41) is 7.08. The standard InChI is InChI=1S/C21H23BrN2O3/c1-4-5-21-24-17(15-11-14(22)7-9-18(15)27-21)12-16(23-24)13-6-8-19(25-2)20(10-13)26-3/h6-11,17,21H,4-5,12H2,1-3H3/t17-,21-/m1/s1. The van der Waals surface area contributed by atoms with E-state index in [1.165, 1.54) is 5.56 Å². The molecular formula is C21H23BrN2O3. The highest BCUT2D eigenvalue weighted by molar-refractivity contribution is 9.10. The highest BCUT2D eigenvalue weighted by atomic mass is 79.9. The van der Waals surface area contributed by atoms with Gasteiger partial charge in [-0.1, -0.05) is 29.3 Å². The molecule has 2 atom stereocenters. The fourth-order valence-electron chi connectivity index (χ4n) is 3.76. The van der Waals surface area contributed by atoms with Crippen molar-refractivity contribution in [2.24, 2.45) is 5.10 Å². The zero-order chi connectivity index (χ0) is 19.0. The number of nitrogens with zero attached hydrogens (tertiary/aromatic N) is 2. The van der Waals surface area contributed by atoms with Crippen molar-refractivity contribution in [3.8, 4) is 17.2 Å². The van der Waals surface area contributed by atoms with Crippen LogP contribution < -0.4 is 14.2 Å². The van der Waals surface area contributed by atoms with Gasteiger partial charge in [0.1, 0.15) is 5.75 Å². The van der Waals surface area contributed by atoms with Crippen molar-refractivity contribution in [3.63, 3.8) is 0 Å². The molecule has 2 heterocycles. The first kappa shape index (κ1) is 18.2. The summed E-state index contributed by atoms with van der Waals surface area (Å²) in [6, 6.07) is 12.4. The molecule has 27 heavy (non-hydrogen) atoms. The zero-order valence-electron chi connectivity index (χ0n) is 15.7. The number of methoxy groups -OCH3 is 2. The first-order valence-electron chi connectivity index (χ1n) is 9.19. The second kappa shape index (κ2) is 7.43. The molecule has 2 aliphatic rings. The molecule has 4 rings (SSSR count). The maximum Gasteiger partial charge on any atom is 0.187 e. The van der Waals surface area contributed by atoms with Gasteiger partial charge in [-0.3, -0.25) is 5.01 Å². The van der Waals surface area contributed by atoms with Gasteiger partial charge >= 0.3 is 0 Å². The number of halogens is 1. The molecule has 142 valence electrons. The van der Waals surface area contributed by atoms with Gasteiger partial charge in [0.05, 0.1) is 26.0 Å². The van der Waals surface area contributed by atoms with Crippen LogP contribution in [0.2, 0.25) is 0 Å². The lowest BCUT2D eigenvalue weighted by Gasteiger charge is -2.38. The summed E-state index contributed by atoms with van der Waals surface area (Å²) in [5.41, 5.74) is 3.27. The molecule has 0 aromatic heterocycles. The van der Waals surface area contributed by atoms with Gasteiger partial charge in [0.15, 0.2) is 17.7 Å². The Morgan fingerprint density at radius 2 is 1.96 bits per heavy atom. The number of hydrogen-bond donors (Lipinski definition) is 0. The number of hydrazone groups is 1. The molecule has 0 saturated heterocycles. The van der Waals surface area contributed by atoms with Crippen LogP contribution in [0.5, 0.6) is 17.2 Å². The van der Waals surface area contributed by atoms with E-state index in [1.807, 2.05) is 30.3 Å². The highest BCUT2D eigenvalue weighted by Crippen LogP contribution is 2.45. The highest BCUT2D eigenvalue weighted by Gasteiger charge is 2.40. The summed E-state index contributed by atoms with van der Waals surface area (Å²) in [5.74, 6) is 2.40. The largest absolute Gasteiger partial charge is 0.493 e. The quantitative estimate of drug-likeness (QED) is 0.658. The fraction of sp³-hybridized carbons (Fsp3) is 0.381. The van der Waals surface area contributed by atoms with Gasteiger partial charge in [0.25, 0.3) is 0 Å². The third-order valence-electron chi connectivity index (χ3n) is 5.08. The summed E-state index contributed by atoms with van der Waals surface area (Å²) in [7, 11) is 3.30. The second-order valence-electron chi connectivity index (χ2n) is 6.76. The number of hydrogen-bond acceptors (Lipinski definition) is 5. The second-order valence-corrected chi connectivity index (χ2v) is 7.68. The minimum atomic E-state index is -0.0358. The summed E-state index contributed by atoms with van der Waals surface area (Å²) < 4.78 is 18.1. The Morgan fingerprint density at radius 3 is 2.70 bits per heavy atom. The molecule has 0 spiro atoms. The molecule has 2 aliphatic heterocycles. The lowest BCUT2D eigenvalue weighted by molar-refractivity contribution is -0.0223. The van der Waals surface area contributed by atoms with Crippen LogP contribution in [0.4, 0.5) is 0 Å². The van der Waals surface area contributed by atoms with Crippen molar-refractivity contribution in [2.45, 2.75) is 38.5 Å². The SMILES string of the molecule is CCC[C@H]1Oc2ccc(Br)cc2[C@H]2CC(c3ccc(OC)c(OC)c3)=NN21. The maximum atomic E-state index is 6.26. The first-order valence-corrected chi connectivity index (χ1v) is 9.98. The Balaban J connectivity index is 1.71. The van der Waals surface area contributed by atoms with Crippen molar-refractivity contribution < 1.29 is 14.2 Å². The van der Waals surface area contributed by atoms with Crippen molar-refractivity contribution in [1.82, 2.24) is 5.01 Å². The van der Waals surface area contributed by atoms with Crippen LogP contribution >= 0.6 is 15.9 Å². The minimum Gasteiger partial charge on any atom is -0.493 e. The van der Waals surface area contributed by atoms with Crippen LogP contribution in [-0.2, 0) is 0 Å². The number of rotatable bonds is 5. The summed E-state index contributed by atoms with van der Waals surface area (Å²) in [6.07, 6.45) is 2.78. The topological polar surface area (TPSA) is 43.3 Å². The Bertz CT molecular complexity index is 884. The number of benzene rings is 2. The molecule has 0 saturated carbocycles. The maximum absolute atomic E-state index is 6.26. The van der Waals surface area contributed by atoms with Gasteiger partial charge in [-0.05, 0) is 36.4 Å². The van der Waals surface area contributed by atoms with Crippen molar-refractivity contribution in [3.05, 3.63) is 52.0 Å². The first-order chi connectivity index (χ1) is 13.1. The van der Waals surface area contributed by atoms with Crippen molar-refractivity contribution in [2.75, 3.05) is 14.2 Å². The van der Waals surface area contributed by atoms with E-state index in [4.69, 9.17) is 19.3 Å². The van der Waals surface area contributed by atoms with Gasteiger partial charge in [-0.25, -0.2) is 0 Å². The van der Waals surface area contributed by atoms with Gasteiger partial charge < -0.3 is 14.2 Å². The van der Waals surface area contributed by atoms with E-state index >= 15 is 0 Å². The minimum absolute atomic E-state index is 0.0358. The molecule has 6 heteroatoms. The normalized spacial score (nSPS) is 20.4. The third kappa shape index (κ3) is 3.27. The Morgan fingerprint density at radius 1 is 1.15 bits per heavy atom. The van der Waals surface area contributed by atoms with E-state index in [2.05, 4.69) is 33.9 Å². The van der Waals surface area contributed by atoms with Gasteiger partial charge in [0.2, 0.25) is 0 Å². The van der Waals surface area contributed by atoms with Gasteiger partial charge in [-0.2, -0.15) is 5.10 Å². The van der Waals surface area contributed by atoms with Crippen LogP contribution in [0.1, 0.15) is 43.4 Å². The molecule has 2 aromatic carbocycles. The van der Waals surface area contributed by atoms with Crippen LogP contribution in [-0.4, -0.2) is 31.2 Å². The predicted molar refractivity (Wildman–Crippen MR) is 109 cm³/mol. The van der Waals surface area contributed by atoms with Gasteiger partial charge in [0, 0.05) is 28.4 Å². The molecular weight excluding hydrogens is 408 g/mol. The van der Waals surface area contributed by atoms with Crippen LogP contribution in [0.25, 0.3) is 0 Å². The Kier molecular flexibility index (Phi) is 5.00. The van der Waals surface area contributed by atoms with Crippen molar-refractivity contribution in [1.29, 1.82) is 0 Å². The van der Waals surface area contributed by atoms with Crippen molar-refractivity contribution >= 4 is 21.6 Å². The lowest BCUT2D eigenvalue weighted by atomic mass is 9.96. The molecule has 0 aliphatic carbocycles. The molecule has 0 fully saturated rings. The molecule has 0 amide bonds. The smallest absolute Gasteiger partial charge is 0.187 e. The fourth-order valence-corrected chi connectivity index (χ4v) is 4.14. The Labute approximate surface area is 168 Å². The van der Waals surface area contributed by atoms with Crippen LogP contribution in [0.3, 0.4) is 0 Å². The molecule has 0 radical (unpaired) electrons. The molecule has 0 unspecified atom stereocenters. The Hall–Kier alpha value is -2.21. The van der Waals surface area contributed by atoms with E-state index in [1.54, 1.807) is 14.2 Å².